The molecular weight excluding hydrogens is 269 g/mol. The van der Waals surface area contributed by atoms with E-state index < -0.39 is 33.6 Å². The molecule has 7 nitrogen and oxygen atoms in total. The number of nitro groups is 1. The molecule has 3 N–H and O–H groups in total. The fourth-order valence-electron chi connectivity index (χ4n) is 1.67. The van der Waals surface area contributed by atoms with Gasteiger partial charge in [0.15, 0.2) is 0 Å². The van der Waals surface area contributed by atoms with Gasteiger partial charge in [0.1, 0.15) is 17.1 Å². The number of hydrogen-bond donors (Lipinski definition) is 2. The molecule has 8 heteroatoms. The molecule has 0 bridgehead atoms. The van der Waals surface area contributed by atoms with Crippen molar-refractivity contribution in [2.24, 2.45) is 5.92 Å². The fourth-order valence-corrected chi connectivity index (χ4v) is 1.67. The summed E-state index contributed by atoms with van der Waals surface area (Å²) in [4.78, 5) is 21.8. The highest BCUT2D eigenvalue weighted by Crippen LogP contribution is 2.27. The lowest BCUT2D eigenvalue weighted by Crippen LogP contribution is -2.31. The summed E-state index contributed by atoms with van der Waals surface area (Å²) >= 11 is 0. The summed E-state index contributed by atoms with van der Waals surface area (Å²) in [6.07, 6.45) is 0. The largest absolute Gasteiger partial charge is 0.392 e. The Morgan fingerprint density at radius 1 is 1.60 bits per heavy atom. The molecule has 110 valence electrons. The van der Waals surface area contributed by atoms with Gasteiger partial charge in [0.2, 0.25) is 0 Å². The summed E-state index contributed by atoms with van der Waals surface area (Å²) in [6, 6.07) is 1.77. The third kappa shape index (κ3) is 3.64. The van der Waals surface area contributed by atoms with Crippen LogP contribution in [0.25, 0.3) is 0 Å². The van der Waals surface area contributed by atoms with Crippen LogP contribution < -0.4 is 11.1 Å². The number of methoxy groups -OCH3 is 1. The number of nitrogens with one attached hydrogen (secondary N) is 1. The molecular formula is C12H16FN3O4. The Balaban J connectivity index is 2.92. The molecule has 0 aliphatic rings. The molecule has 0 aliphatic heterocycles. The van der Waals surface area contributed by atoms with E-state index in [2.05, 4.69) is 5.32 Å². The van der Waals surface area contributed by atoms with Crippen LogP contribution in [0, 0.1) is 21.8 Å². The van der Waals surface area contributed by atoms with E-state index >= 15 is 0 Å². The predicted molar refractivity (Wildman–Crippen MR) is 70.8 cm³/mol. The van der Waals surface area contributed by atoms with Gasteiger partial charge in [-0.25, -0.2) is 4.39 Å². The molecule has 1 aromatic carbocycles. The number of carbonyl (C=O) groups excluding carboxylic acids is 1. The van der Waals surface area contributed by atoms with E-state index in [9.17, 15) is 19.3 Å². The number of halogens is 1. The molecule has 20 heavy (non-hydrogen) atoms. The van der Waals surface area contributed by atoms with Crippen LogP contribution in [0.15, 0.2) is 12.1 Å². The van der Waals surface area contributed by atoms with E-state index in [1.165, 1.54) is 7.11 Å². The molecule has 1 amide bonds. The van der Waals surface area contributed by atoms with Gasteiger partial charge in [-0.1, -0.05) is 6.92 Å². The number of nitrogen functional groups attached to an aromatic ring is 1. The first-order valence-corrected chi connectivity index (χ1v) is 5.88. The van der Waals surface area contributed by atoms with Gasteiger partial charge in [0.25, 0.3) is 11.6 Å². The summed E-state index contributed by atoms with van der Waals surface area (Å²) in [5, 5.41) is 13.2. The molecule has 1 atom stereocenters. The number of hydrogen-bond acceptors (Lipinski definition) is 5. The van der Waals surface area contributed by atoms with Crippen molar-refractivity contribution in [3.05, 3.63) is 33.6 Å². The van der Waals surface area contributed by atoms with E-state index in [1.54, 1.807) is 0 Å². The van der Waals surface area contributed by atoms with Crippen molar-refractivity contribution in [1.82, 2.24) is 5.32 Å². The van der Waals surface area contributed by atoms with Crippen LogP contribution >= 0.6 is 0 Å². The lowest BCUT2D eigenvalue weighted by Gasteiger charge is -2.12. The zero-order valence-electron chi connectivity index (χ0n) is 11.2. The molecule has 1 unspecified atom stereocenters. The molecule has 0 aromatic heterocycles. The van der Waals surface area contributed by atoms with E-state index in [1.807, 2.05) is 6.92 Å². The van der Waals surface area contributed by atoms with Crippen molar-refractivity contribution >= 4 is 17.3 Å². The van der Waals surface area contributed by atoms with Gasteiger partial charge in [-0.05, 0) is 12.0 Å². The number of carbonyl (C=O) groups is 1. The summed E-state index contributed by atoms with van der Waals surface area (Å²) in [5.74, 6) is -1.66. The third-order valence-corrected chi connectivity index (χ3v) is 2.66. The summed E-state index contributed by atoms with van der Waals surface area (Å²) < 4.78 is 18.5. The van der Waals surface area contributed by atoms with Crippen LogP contribution in [0.3, 0.4) is 0 Å². The lowest BCUT2D eigenvalue weighted by atomic mass is 10.1. The van der Waals surface area contributed by atoms with Crippen molar-refractivity contribution in [2.75, 3.05) is 26.0 Å². The second-order valence-electron chi connectivity index (χ2n) is 4.38. The standard InChI is InChI=1S/C12H16FN3O4/c1-7(6-20-2)5-15-12(17)10-8(13)3-4-9(11(10)14)16(18)19/h3-4,7H,5-6,14H2,1-2H3,(H,15,17). The lowest BCUT2D eigenvalue weighted by molar-refractivity contribution is -0.384. The first kappa shape index (κ1) is 15.8. The Bertz CT molecular complexity index is 522. The first-order chi connectivity index (χ1) is 9.38. The number of amides is 1. The maximum atomic E-state index is 13.6. The maximum absolute atomic E-state index is 13.6. The van der Waals surface area contributed by atoms with Gasteiger partial charge in [0, 0.05) is 19.7 Å². The smallest absolute Gasteiger partial charge is 0.293 e. The topological polar surface area (TPSA) is 107 Å². The Labute approximate surface area is 115 Å². The Kier molecular flexibility index (Phi) is 5.39. The van der Waals surface area contributed by atoms with Crippen LogP contribution in [0.1, 0.15) is 17.3 Å². The van der Waals surface area contributed by atoms with Crippen molar-refractivity contribution < 1.29 is 18.8 Å². The average Bonchev–Trinajstić information content (AvgIpc) is 2.36. The van der Waals surface area contributed by atoms with Crippen LogP contribution in [0.2, 0.25) is 0 Å². The van der Waals surface area contributed by atoms with E-state index in [-0.39, 0.29) is 12.5 Å². The zero-order valence-corrected chi connectivity index (χ0v) is 11.2. The number of rotatable bonds is 6. The van der Waals surface area contributed by atoms with Gasteiger partial charge in [0.05, 0.1) is 11.5 Å². The van der Waals surface area contributed by atoms with E-state index in [4.69, 9.17) is 10.5 Å². The average molecular weight is 285 g/mol. The minimum absolute atomic E-state index is 0.0203. The van der Waals surface area contributed by atoms with Crippen LogP contribution in [-0.4, -0.2) is 31.1 Å². The van der Waals surface area contributed by atoms with Gasteiger partial charge in [-0.3, -0.25) is 14.9 Å². The van der Waals surface area contributed by atoms with Crippen LogP contribution in [-0.2, 0) is 4.74 Å². The normalized spacial score (nSPS) is 11.9. The Morgan fingerprint density at radius 3 is 2.80 bits per heavy atom. The van der Waals surface area contributed by atoms with Crippen molar-refractivity contribution in [3.8, 4) is 0 Å². The first-order valence-electron chi connectivity index (χ1n) is 5.88. The highest BCUT2D eigenvalue weighted by atomic mass is 19.1. The summed E-state index contributed by atoms with van der Waals surface area (Å²) in [6.45, 7) is 2.50. The maximum Gasteiger partial charge on any atom is 0.293 e. The molecule has 0 spiro atoms. The summed E-state index contributed by atoms with van der Waals surface area (Å²) in [5.41, 5.74) is 4.00. The minimum Gasteiger partial charge on any atom is -0.392 e. The third-order valence-electron chi connectivity index (χ3n) is 2.66. The number of nitro benzene ring substituents is 1. The van der Waals surface area contributed by atoms with Crippen LogP contribution in [0.5, 0.6) is 0 Å². The van der Waals surface area contributed by atoms with Gasteiger partial charge >= 0.3 is 0 Å². The highest BCUT2D eigenvalue weighted by Gasteiger charge is 2.23. The molecule has 0 heterocycles. The predicted octanol–water partition coefficient (Wildman–Crippen LogP) is 1.33. The molecule has 0 radical (unpaired) electrons. The second kappa shape index (κ2) is 6.80. The number of anilines is 1. The van der Waals surface area contributed by atoms with Crippen molar-refractivity contribution in [2.45, 2.75) is 6.92 Å². The fraction of sp³-hybridized carbons (Fsp3) is 0.417. The van der Waals surface area contributed by atoms with E-state index in [0.29, 0.717) is 6.61 Å². The Hall–Kier alpha value is -2.22. The van der Waals surface area contributed by atoms with Gasteiger partial charge in [-0.2, -0.15) is 0 Å². The van der Waals surface area contributed by atoms with E-state index in [0.717, 1.165) is 12.1 Å². The number of benzene rings is 1. The second-order valence-corrected chi connectivity index (χ2v) is 4.38. The van der Waals surface area contributed by atoms with Crippen molar-refractivity contribution in [1.29, 1.82) is 0 Å². The number of ether oxygens (including phenoxy) is 1. The Morgan fingerprint density at radius 2 is 2.25 bits per heavy atom. The minimum atomic E-state index is -0.898. The van der Waals surface area contributed by atoms with Gasteiger partial charge < -0.3 is 15.8 Å². The van der Waals surface area contributed by atoms with Crippen LogP contribution in [0.4, 0.5) is 15.8 Å². The highest BCUT2D eigenvalue weighted by molar-refractivity contribution is 6.01. The molecule has 1 aromatic rings. The summed E-state index contributed by atoms with van der Waals surface area (Å²) in [7, 11) is 1.52. The number of nitrogens with zero attached hydrogens (tertiary/aromatic N) is 1. The molecule has 1 rings (SSSR count). The monoisotopic (exact) mass is 285 g/mol. The van der Waals surface area contributed by atoms with Crippen molar-refractivity contribution in [3.63, 3.8) is 0 Å². The SMILES string of the molecule is COCC(C)CNC(=O)c1c(F)ccc([N+](=O)[O-])c1N. The molecule has 0 saturated heterocycles. The molecule has 0 aliphatic carbocycles. The van der Waals surface area contributed by atoms with Gasteiger partial charge in [-0.15, -0.1) is 0 Å². The molecule has 0 fully saturated rings. The number of nitrogens with two attached hydrogens (primary N) is 1. The quantitative estimate of drug-likeness (QED) is 0.465. The zero-order chi connectivity index (χ0) is 15.3. The molecule has 0 saturated carbocycles.